The van der Waals surface area contributed by atoms with E-state index in [-0.39, 0.29) is 31.2 Å². The first-order chi connectivity index (χ1) is 14.6. The Bertz CT molecular complexity index is 862. The zero-order valence-corrected chi connectivity index (χ0v) is 21.7. The van der Waals surface area contributed by atoms with Gasteiger partial charge in [0.25, 0.3) is 10.0 Å². The minimum absolute atomic E-state index is 0. The molecule has 0 amide bonds. The van der Waals surface area contributed by atoms with Crippen LogP contribution in [0.5, 0.6) is 5.75 Å². The fourth-order valence-electron chi connectivity index (χ4n) is 3.94. The number of fused-ring (bicyclic) bond motifs is 1. The molecule has 0 saturated carbocycles. The molecule has 1 aromatic rings. The smallest absolute Gasteiger partial charge is 0.265 e. The maximum atomic E-state index is 13.7. The van der Waals surface area contributed by atoms with Gasteiger partial charge in [0.15, 0.2) is 0 Å². The van der Waals surface area contributed by atoms with Crippen LogP contribution >= 0.6 is 12.4 Å². The molecular formula is C22H40ClN3O5S. The van der Waals surface area contributed by atoms with Crippen molar-refractivity contribution in [3.8, 4) is 5.75 Å². The summed E-state index contributed by atoms with van der Waals surface area (Å²) in [7, 11) is -3.86. The van der Waals surface area contributed by atoms with Crippen molar-refractivity contribution in [3.05, 3.63) is 22.3 Å². The van der Waals surface area contributed by atoms with Crippen LogP contribution in [0.3, 0.4) is 0 Å². The lowest BCUT2D eigenvalue weighted by molar-refractivity contribution is -0.0855. The van der Waals surface area contributed by atoms with Crippen LogP contribution in [0.25, 0.3) is 0 Å². The first-order valence-corrected chi connectivity index (χ1v) is 12.5. The number of unbranched alkanes of at least 4 members (excludes halogenated alkanes) is 2. The monoisotopic (exact) mass is 493 g/mol. The van der Waals surface area contributed by atoms with Crippen molar-refractivity contribution in [1.82, 2.24) is 4.47 Å². The van der Waals surface area contributed by atoms with Gasteiger partial charge in [0, 0.05) is 6.54 Å². The topological polar surface area (TPSA) is 117 Å². The van der Waals surface area contributed by atoms with Gasteiger partial charge in [-0.3, -0.25) is 4.84 Å². The summed E-state index contributed by atoms with van der Waals surface area (Å²) >= 11 is 0. The summed E-state index contributed by atoms with van der Waals surface area (Å²) in [6.45, 7) is 11.2. The fourth-order valence-corrected chi connectivity index (χ4v) is 5.78. The van der Waals surface area contributed by atoms with Crippen LogP contribution in [0.15, 0.2) is 4.90 Å². The summed E-state index contributed by atoms with van der Waals surface area (Å²) in [4.78, 5) is 10.6. The summed E-state index contributed by atoms with van der Waals surface area (Å²) in [5.74, 6) is 5.89. The molecule has 32 heavy (non-hydrogen) atoms. The number of hydrogen-bond donors (Lipinski definition) is 2. The quantitative estimate of drug-likeness (QED) is 0.338. The number of sulfonamides is 1. The third-order valence-electron chi connectivity index (χ3n) is 5.88. The largest absolute Gasteiger partial charge is 0.487 e. The fraction of sp³-hybridized carbons (Fsp3) is 0.727. The van der Waals surface area contributed by atoms with E-state index in [0.717, 1.165) is 52.6 Å². The predicted octanol–water partition coefficient (Wildman–Crippen LogP) is 3.47. The lowest BCUT2D eigenvalue weighted by Gasteiger charge is -2.36. The number of rotatable bonds is 12. The molecule has 0 spiro atoms. The zero-order valence-electron chi connectivity index (χ0n) is 20.0. The van der Waals surface area contributed by atoms with E-state index in [1.807, 2.05) is 20.8 Å². The van der Waals surface area contributed by atoms with Crippen molar-refractivity contribution >= 4 is 22.4 Å². The molecule has 1 aliphatic heterocycles. The minimum atomic E-state index is -3.86. The minimum Gasteiger partial charge on any atom is -0.487 e. The van der Waals surface area contributed by atoms with Crippen LogP contribution in [0.1, 0.15) is 68.2 Å². The molecule has 2 rings (SSSR count). The van der Waals surface area contributed by atoms with Crippen LogP contribution in [-0.2, 0) is 26.1 Å². The highest BCUT2D eigenvalue weighted by Crippen LogP contribution is 2.42. The number of ether oxygens (including phenoxy) is 1. The van der Waals surface area contributed by atoms with Crippen molar-refractivity contribution in [2.45, 2.75) is 83.6 Å². The Labute approximate surface area is 199 Å². The van der Waals surface area contributed by atoms with E-state index >= 15 is 0 Å². The van der Waals surface area contributed by atoms with Crippen LogP contribution in [0.4, 0.5) is 0 Å². The first kappa shape index (κ1) is 29.1. The second kappa shape index (κ2) is 12.5. The van der Waals surface area contributed by atoms with Crippen molar-refractivity contribution in [2.24, 2.45) is 11.6 Å². The standard InChI is InChI=1S/C22H39N3O5S.ClH/c1-16-17(2)21(18(3)19-10-11-22(4,5)30-20(16)19)31(26,27)25(29-15-9-12-23)13-7-6-8-14-28-24;/h6-15,23-24H2,1-5H3;1H. The molecule has 0 saturated heterocycles. The molecular weight excluding hydrogens is 454 g/mol. The third kappa shape index (κ3) is 6.79. The molecule has 0 radical (unpaired) electrons. The van der Waals surface area contributed by atoms with E-state index in [4.69, 9.17) is 21.2 Å². The summed E-state index contributed by atoms with van der Waals surface area (Å²) in [6.07, 6.45) is 4.39. The maximum absolute atomic E-state index is 13.7. The molecule has 0 fully saturated rings. The van der Waals surface area contributed by atoms with E-state index in [0.29, 0.717) is 36.5 Å². The Morgan fingerprint density at radius 2 is 1.72 bits per heavy atom. The van der Waals surface area contributed by atoms with Gasteiger partial charge in [0.1, 0.15) is 11.4 Å². The summed E-state index contributed by atoms with van der Waals surface area (Å²) in [6, 6.07) is 0. The molecule has 0 aromatic heterocycles. The highest BCUT2D eigenvalue weighted by molar-refractivity contribution is 7.89. The van der Waals surface area contributed by atoms with Gasteiger partial charge in [0.05, 0.1) is 18.1 Å². The SMILES string of the molecule is Cc1c(C)c(S(=O)(=O)N(CCCCCON)OCCCN)c(C)c2c1OC(C)(C)CC2.Cl. The molecule has 0 unspecified atom stereocenters. The van der Waals surface area contributed by atoms with Gasteiger partial charge in [-0.2, -0.15) is 0 Å². The number of benzene rings is 1. The summed E-state index contributed by atoms with van der Waals surface area (Å²) in [5.41, 5.74) is 8.60. The van der Waals surface area contributed by atoms with Crippen LogP contribution in [0, 0.1) is 20.8 Å². The molecule has 1 aromatic carbocycles. The van der Waals surface area contributed by atoms with E-state index < -0.39 is 10.0 Å². The van der Waals surface area contributed by atoms with Crippen molar-refractivity contribution in [3.63, 3.8) is 0 Å². The Morgan fingerprint density at radius 3 is 2.34 bits per heavy atom. The van der Waals surface area contributed by atoms with Gasteiger partial charge < -0.3 is 15.3 Å². The van der Waals surface area contributed by atoms with Gasteiger partial charge in [0.2, 0.25) is 0 Å². The Morgan fingerprint density at radius 1 is 1.03 bits per heavy atom. The third-order valence-corrected chi connectivity index (χ3v) is 7.83. The molecule has 4 N–H and O–H groups in total. The number of hydrogen-bond acceptors (Lipinski definition) is 7. The molecule has 10 heteroatoms. The average Bonchev–Trinajstić information content (AvgIpc) is 2.69. The Balaban J connectivity index is 0.00000512. The molecule has 0 atom stereocenters. The van der Waals surface area contributed by atoms with Gasteiger partial charge in [-0.05, 0) is 102 Å². The highest BCUT2D eigenvalue weighted by atomic mass is 35.5. The summed E-state index contributed by atoms with van der Waals surface area (Å²) < 4.78 is 34.9. The molecule has 1 aliphatic rings. The van der Waals surface area contributed by atoms with Crippen LogP contribution in [-0.4, -0.2) is 44.8 Å². The van der Waals surface area contributed by atoms with Crippen molar-refractivity contribution in [2.75, 3.05) is 26.3 Å². The van der Waals surface area contributed by atoms with E-state index in [9.17, 15) is 8.42 Å². The van der Waals surface area contributed by atoms with Gasteiger partial charge in [-0.1, -0.05) is 4.47 Å². The molecule has 186 valence electrons. The second-order valence-corrected chi connectivity index (χ2v) is 10.6. The molecule has 0 aliphatic carbocycles. The number of halogens is 1. The normalized spacial score (nSPS) is 15.2. The van der Waals surface area contributed by atoms with Crippen molar-refractivity contribution < 1.29 is 22.8 Å². The molecule has 0 bridgehead atoms. The van der Waals surface area contributed by atoms with Gasteiger partial charge in [-0.15, -0.1) is 12.4 Å². The zero-order chi connectivity index (χ0) is 23.2. The van der Waals surface area contributed by atoms with E-state index in [1.54, 1.807) is 0 Å². The van der Waals surface area contributed by atoms with E-state index in [1.165, 1.54) is 0 Å². The number of nitrogens with zero attached hydrogens (tertiary/aromatic N) is 1. The van der Waals surface area contributed by atoms with Crippen LogP contribution in [0.2, 0.25) is 0 Å². The van der Waals surface area contributed by atoms with E-state index in [2.05, 4.69) is 18.7 Å². The number of nitrogens with two attached hydrogens (primary N) is 2. The first-order valence-electron chi connectivity index (χ1n) is 11.1. The van der Waals surface area contributed by atoms with Gasteiger partial charge in [-0.25, -0.2) is 14.3 Å². The Kier molecular flexibility index (Phi) is 11.4. The van der Waals surface area contributed by atoms with Crippen molar-refractivity contribution in [1.29, 1.82) is 0 Å². The second-order valence-electron chi connectivity index (χ2n) is 8.81. The number of hydroxylamine groups is 1. The Hall–Kier alpha value is -0.940. The van der Waals surface area contributed by atoms with Crippen LogP contribution < -0.4 is 16.4 Å². The average molecular weight is 494 g/mol. The predicted molar refractivity (Wildman–Crippen MR) is 128 cm³/mol. The molecule has 1 heterocycles. The van der Waals surface area contributed by atoms with Gasteiger partial charge >= 0.3 is 0 Å². The highest BCUT2D eigenvalue weighted by Gasteiger charge is 2.36. The molecule has 8 nitrogen and oxygen atoms in total. The maximum Gasteiger partial charge on any atom is 0.265 e. The summed E-state index contributed by atoms with van der Waals surface area (Å²) in [5, 5.41) is 0. The lowest BCUT2D eigenvalue weighted by atomic mass is 9.88. The lowest BCUT2D eigenvalue weighted by Crippen LogP contribution is -2.36.